The monoisotopic (exact) mass is 387 g/mol. The fourth-order valence-electron chi connectivity index (χ4n) is 4.04. The topological polar surface area (TPSA) is 37.4 Å². The highest BCUT2D eigenvalue weighted by Crippen LogP contribution is 2.34. The molecule has 2 aromatic carbocycles. The van der Waals surface area contributed by atoms with E-state index in [4.69, 9.17) is 11.6 Å². The van der Waals surface area contributed by atoms with E-state index in [1.807, 2.05) is 12.1 Å². The third kappa shape index (κ3) is 3.22. The molecule has 1 aliphatic carbocycles. The highest BCUT2D eigenvalue weighted by molar-refractivity contribution is 7.89. The Labute approximate surface area is 160 Å². The van der Waals surface area contributed by atoms with Crippen molar-refractivity contribution < 1.29 is 8.42 Å². The molecule has 0 spiro atoms. The van der Waals surface area contributed by atoms with Crippen LogP contribution >= 0.6 is 11.6 Å². The van der Waals surface area contributed by atoms with Crippen molar-refractivity contribution in [2.45, 2.75) is 24.2 Å². The van der Waals surface area contributed by atoms with Gasteiger partial charge < -0.3 is 0 Å². The minimum atomic E-state index is -3.52. The second-order valence-electron chi connectivity index (χ2n) is 7.00. The van der Waals surface area contributed by atoms with Crippen molar-refractivity contribution in [3.63, 3.8) is 0 Å². The number of piperidine rings is 1. The van der Waals surface area contributed by atoms with Crippen LogP contribution < -0.4 is 0 Å². The third-order valence-corrected chi connectivity index (χ3v) is 7.76. The summed E-state index contributed by atoms with van der Waals surface area (Å²) < 4.78 is 28.1. The van der Waals surface area contributed by atoms with Crippen LogP contribution in [0.25, 0.3) is 10.8 Å². The van der Waals surface area contributed by atoms with E-state index < -0.39 is 10.0 Å². The Balaban J connectivity index is 1.59. The first-order valence-electron chi connectivity index (χ1n) is 9.08. The van der Waals surface area contributed by atoms with Crippen LogP contribution in [0.15, 0.2) is 65.6 Å². The van der Waals surface area contributed by atoms with Crippen LogP contribution in [0, 0.1) is 11.8 Å². The third-order valence-electron chi connectivity index (χ3n) is 5.48. The van der Waals surface area contributed by atoms with Crippen molar-refractivity contribution in [2.75, 3.05) is 13.1 Å². The van der Waals surface area contributed by atoms with E-state index in [1.54, 1.807) is 28.6 Å². The summed E-state index contributed by atoms with van der Waals surface area (Å²) in [6, 6.07) is 10.7. The second-order valence-corrected chi connectivity index (χ2v) is 9.32. The number of hydrogen-bond donors (Lipinski definition) is 0. The van der Waals surface area contributed by atoms with E-state index in [9.17, 15) is 8.42 Å². The first kappa shape index (κ1) is 17.8. The molecule has 0 bridgehead atoms. The fraction of sp³-hybridized carbons (Fsp3) is 0.333. The van der Waals surface area contributed by atoms with E-state index in [2.05, 4.69) is 24.3 Å². The lowest BCUT2D eigenvalue weighted by Gasteiger charge is -2.34. The zero-order valence-corrected chi connectivity index (χ0v) is 16.1. The fourth-order valence-corrected chi connectivity index (χ4v) is 5.95. The molecule has 1 heterocycles. The molecular weight excluding hydrogens is 366 g/mol. The van der Waals surface area contributed by atoms with Gasteiger partial charge in [-0.3, -0.25) is 0 Å². The van der Waals surface area contributed by atoms with Crippen LogP contribution in [0.3, 0.4) is 0 Å². The van der Waals surface area contributed by atoms with Gasteiger partial charge in [-0.2, -0.15) is 4.31 Å². The minimum absolute atomic E-state index is 0.355. The molecule has 0 aromatic heterocycles. The van der Waals surface area contributed by atoms with E-state index in [1.165, 1.54) is 0 Å². The normalized spacial score (nSPS) is 20.0. The highest BCUT2D eigenvalue weighted by atomic mass is 35.5. The van der Waals surface area contributed by atoms with Crippen LogP contribution in [-0.4, -0.2) is 25.8 Å². The lowest BCUT2D eigenvalue weighted by Crippen LogP contribution is -2.39. The van der Waals surface area contributed by atoms with Gasteiger partial charge in [-0.25, -0.2) is 8.42 Å². The first-order chi connectivity index (χ1) is 12.6. The summed E-state index contributed by atoms with van der Waals surface area (Å²) in [7, 11) is -3.52. The zero-order chi connectivity index (χ0) is 18.1. The molecule has 0 saturated carbocycles. The van der Waals surface area contributed by atoms with Gasteiger partial charge in [0, 0.05) is 28.9 Å². The summed E-state index contributed by atoms with van der Waals surface area (Å²) >= 11 is 6.25. The molecule has 2 aliphatic rings. The molecule has 0 N–H and O–H groups in total. The Morgan fingerprint density at radius 3 is 2.31 bits per heavy atom. The lowest BCUT2D eigenvalue weighted by molar-refractivity contribution is 0.250. The van der Waals surface area contributed by atoms with Gasteiger partial charge in [0.25, 0.3) is 0 Å². The SMILES string of the molecule is O=S(=O)(c1cccc2c(Cl)cccc12)N1CCC(C2C=CCC=C2)CC1. The number of allylic oxidation sites excluding steroid dienone is 4. The van der Waals surface area contributed by atoms with Gasteiger partial charge in [0.05, 0.1) is 4.90 Å². The molecule has 0 unspecified atom stereocenters. The van der Waals surface area contributed by atoms with Gasteiger partial charge in [0.15, 0.2) is 0 Å². The van der Waals surface area contributed by atoms with Gasteiger partial charge in [0.2, 0.25) is 10.0 Å². The van der Waals surface area contributed by atoms with Crippen LogP contribution in [-0.2, 0) is 10.0 Å². The molecule has 2 aromatic rings. The standard InChI is InChI=1S/C21H22ClNO2S/c22-20-10-4-9-19-18(20)8-5-11-21(19)26(24,25)23-14-12-17(13-15-23)16-6-2-1-3-7-16/h2-11,16-17H,1,12-15H2. The summed E-state index contributed by atoms with van der Waals surface area (Å²) in [5, 5.41) is 2.05. The van der Waals surface area contributed by atoms with Gasteiger partial charge in [-0.15, -0.1) is 0 Å². The summed E-state index contributed by atoms with van der Waals surface area (Å²) in [5.41, 5.74) is 0. The summed E-state index contributed by atoms with van der Waals surface area (Å²) in [6.07, 6.45) is 11.7. The number of nitrogens with zero attached hydrogens (tertiary/aromatic N) is 1. The molecular formula is C21H22ClNO2S. The Bertz CT molecular complexity index is 961. The Kier molecular flexibility index (Phi) is 4.91. The molecule has 3 nitrogen and oxygen atoms in total. The maximum Gasteiger partial charge on any atom is 0.243 e. The molecule has 5 heteroatoms. The van der Waals surface area contributed by atoms with Crippen LogP contribution in [0.2, 0.25) is 5.02 Å². The van der Waals surface area contributed by atoms with Gasteiger partial charge in [0.1, 0.15) is 0 Å². The molecule has 1 saturated heterocycles. The number of rotatable bonds is 3. The summed E-state index contributed by atoms with van der Waals surface area (Å²) in [6.45, 7) is 1.14. The molecule has 0 atom stereocenters. The predicted molar refractivity (Wildman–Crippen MR) is 107 cm³/mol. The number of benzene rings is 2. The van der Waals surface area contributed by atoms with E-state index in [-0.39, 0.29) is 0 Å². The van der Waals surface area contributed by atoms with Crippen molar-refractivity contribution in [1.82, 2.24) is 4.31 Å². The number of fused-ring (bicyclic) bond motifs is 1. The Hall–Kier alpha value is -1.62. The highest BCUT2D eigenvalue weighted by Gasteiger charge is 2.32. The molecule has 1 aliphatic heterocycles. The van der Waals surface area contributed by atoms with Crippen LogP contribution in [0.4, 0.5) is 0 Å². The predicted octanol–water partition coefficient (Wildman–Crippen LogP) is 5.03. The van der Waals surface area contributed by atoms with E-state index >= 15 is 0 Å². The van der Waals surface area contributed by atoms with Gasteiger partial charge in [-0.1, -0.05) is 60.2 Å². The lowest BCUT2D eigenvalue weighted by atomic mass is 9.83. The van der Waals surface area contributed by atoms with E-state index in [0.29, 0.717) is 40.2 Å². The second kappa shape index (κ2) is 7.18. The quantitative estimate of drug-likeness (QED) is 0.693. The van der Waals surface area contributed by atoms with Crippen molar-refractivity contribution in [3.05, 3.63) is 65.7 Å². The molecule has 0 radical (unpaired) electrons. The van der Waals surface area contributed by atoms with Gasteiger partial charge in [-0.05, 0) is 43.2 Å². The Morgan fingerprint density at radius 1 is 0.923 bits per heavy atom. The van der Waals surface area contributed by atoms with Crippen LogP contribution in [0.1, 0.15) is 19.3 Å². The minimum Gasteiger partial charge on any atom is -0.207 e. The largest absolute Gasteiger partial charge is 0.243 e. The van der Waals surface area contributed by atoms with Gasteiger partial charge >= 0.3 is 0 Å². The van der Waals surface area contributed by atoms with Crippen molar-refractivity contribution in [1.29, 1.82) is 0 Å². The van der Waals surface area contributed by atoms with Crippen LogP contribution in [0.5, 0.6) is 0 Å². The smallest absolute Gasteiger partial charge is 0.207 e. The average Bonchev–Trinajstić information content (AvgIpc) is 2.69. The van der Waals surface area contributed by atoms with Crippen molar-refractivity contribution in [2.24, 2.45) is 11.8 Å². The maximum absolute atomic E-state index is 13.3. The molecule has 0 amide bonds. The van der Waals surface area contributed by atoms with Crippen molar-refractivity contribution >= 4 is 32.4 Å². The molecule has 136 valence electrons. The Morgan fingerprint density at radius 2 is 1.58 bits per heavy atom. The molecule has 4 rings (SSSR count). The van der Waals surface area contributed by atoms with E-state index in [0.717, 1.165) is 24.6 Å². The summed E-state index contributed by atoms with van der Waals surface area (Å²) in [5.74, 6) is 0.973. The van der Waals surface area contributed by atoms with Crippen molar-refractivity contribution in [3.8, 4) is 0 Å². The number of hydrogen-bond acceptors (Lipinski definition) is 2. The summed E-state index contributed by atoms with van der Waals surface area (Å²) in [4.78, 5) is 0.355. The number of sulfonamides is 1. The zero-order valence-electron chi connectivity index (χ0n) is 14.5. The first-order valence-corrected chi connectivity index (χ1v) is 10.9. The average molecular weight is 388 g/mol. The molecule has 26 heavy (non-hydrogen) atoms. The number of halogens is 1. The maximum atomic E-state index is 13.3. The molecule has 1 fully saturated rings.